The number of nitrogens with one attached hydrogen (secondary N) is 1. The number of amides is 2. The first-order chi connectivity index (χ1) is 9.47. The number of unbranched alkanes of at least 4 members (excludes halogenated alkanes) is 2. The van der Waals surface area contributed by atoms with Crippen LogP contribution in [0.5, 0.6) is 0 Å². The third kappa shape index (κ3) is 4.78. The largest absolute Gasteiger partial charge is 0.385 e. The molecule has 0 spiro atoms. The molecule has 0 aromatic rings. The smallest absolute Gasteiger partial charge is 0.245 e. The van der Waals surface area contributed by atoms with Crippen LogP contribution in [0.3, 0.4) is 0 Å². The lowest BCUT2D eigenvalue weighted by atomic mass is 9.98. The molecule has 1 heterocycles. The molecule has 1 saturated heterocycles. The van der Waals surface area contributed by atoms with Gasteiger partial charge in [-0.1, -0.05) is 13.8 Å². The Morgan fingerprint density at radius 2 is 1.95 bits per heavy atom. The zero-order valence-corrected chi connectivity index (χ0v) is 13.1. The maximum absolute atomic E-state index is 12.4. The molecule has 2 atom stereocenters. The normalized spacial score (nSPS) is 23.4. The number of methoxy groups -OCH3 is 1. The summed E-state index contributed by atoms with van der Waals surface area (Å²) in [6.45, 7) is 7.33. The van der Waals surface area contributed by atoms with Gasteiger partial charge in [0, 0.05) is 20.3 Å². The highest BCUT2D eigenvalue weighted by Gasteiger charge is 2.37. The van der Waals surface area contributed by atoms with Gasteiger partial charge in [-0.15, -0.1) is 0 Å². The Bertz CT molecular complexity index is 331. The molecule has 1 aliphatic rings. The van der Waals surface area contributed by atoms with Gasteiger partial charge >= 0.3 is 0 Å². The molecule has 1 fully saturated rings. The number of ether oxygens (including phenoxy) is 1. The second-order valence-corrected chi connectivity index (χ2v) is 5.95. The van der Waals surface area contributed by atoms with Crippen LogP contribution in [0, 0.1) is 5.92 Å². The summed E-state index contributed by atoms with van der Waals surface area (Å²) < 4.78 is 5.01. The number of carbonyl (C=O) groups excluding carboxylic acids is 2. The second-order valence-electron chi connectivity index (χ2n) is 5.95. The third-order valence-electron chi connectivity index (χ3n) is 3.70. The maximum Gasteiger partial charge on any atom is 0.245 e. The first-order valence-corrected chi connectivity index (χ1v) is 7.57. The van der Waals surface area contributed by atoms with Crippen LogP contribution in [0.2, 0.25) is 0 Å². The van der Waals surface area contributed by atoms with Gasteiger partial charge in [-0.25, -0.2) is 0 Å². The first kappa shape index (κ1) is 17.0. The van der Waals surface area contributed by atoms with Gasteiger partial charge in [0.2, 0.25) is 11.8 Å². The number of piperazine rings is 1. The monoisotopic (exact) mass is 284 g/mol. The van der Waals surface area contributed by atoms with Crippen molar-refractivity contribution in [2.75, 3.05) is 20.3 Å². The van der Waals surface area contributed by atoms with Crippen molar-refractivity contribution < 1.29 is 14.3 Å². The quantitative estimate of drug-likeness (QED) is 0.688. The Morgan fingerprint density at radius 3 is 2.55 bits per heavy atom. The Labute approximate surface area is 122 Å². The molecule has 0 saturated carbocycles. The molecule has 0 bridgehead atoms. The highest BCUT2D eigenvalue weighted by Crippen LogP contribution is 2.16. The summed E-state index contributed by atoms with van der Waals surface area (Å²) >= 11 is 0. The molecule has 1 rings (SSSR count). The third-order valence-corrected chi connectivity index (χ3v) is 3.70. The zero-order chi connectivity index (χ0) is 15.1. The molecule has 20 heavy (non-hydrogen) atoms. The molecule has 5 heteroatoms. The molecule has 1 N–H and O–H groups in total. The van der Waals surface area contributed by atoms with E-state index in [1.165, 1.54) is 0 Å². The minimum atomic E-state index is -0.353. The van der Waals surface area contributed by atoms with Crippen LogP contribution in [0.25, 0.3) is 0 Å². The molecule has 0 radical (unpaired) electrons. The predicted molar refractivity (Wildman–Crippen MR) is 78.3 cm³/mol. The number of rotatable bonds is 8. The number of hydrogen-bond donors (Lipinski definition) is 1. The molecule has 5 nitrogen and oxygen atoms in total. The van der Waals surface area contributed by atoms with E-state index < -0.39 is 0 Å². The average Bonchev–Trinajstić information content (AvgIpc) is 2.38. The zero-order valence-electron chi connectivity index (χ0n) is 13.1. The summed E-state index contributed by atoms with van der Waals surface area (Å²) in [5.74, 6) is 0.422. The van der Waals surface area contributed by atoms with Gasteiger partial charge in [0.25, 0.3) is 0 Å². The second kappa shape index (κ2) is 8.25. The fourth-order valence-corrected chi connectivity index (χ4v) is 2.53. The molecule has 0 aromatic heterocycles. The van der Waals surface area contributed by atoms with E-state index in [1.54, 1.807) is 18.9 Å². The Hall–Kier alpha value is -1.10. The predicted octanol–water partition coefficient (Wildman–Crippen LogP) is 1.56. The highest BCUT2D eigenvalue weighted by molar-refractivity contribution is 5.96. The van der Waals surface area contributed by atoms with Gasteiger partial charge < -0.3 is 15.0 Å². The summed E-state index contributed by atoms with van der Waals surface area (Å²) in [5, 5.41) is 2.84. The van der Waals surface area contributed by atoms with Crippen LogP contribution >= 0.6 is 0 Å². The van der Waals surface area contributed by atoms with Crippen molar-refractivity contribution in [1.82, 2.24) is 10.2 Å². The van der Waals surface area contributed by atoms with E-state index in [9.17, 15) is 9.59 Å². The van der Waals surface area contributed by atoms with Crippen LogP contribution < -0.4 is 5.32 Å². The molecule has 0 aromatic carbocycles. The van der Waals surface area contributed by atoms with Gasteiger partial charge in [-0.2, -0.15) is 0 Å². The summed E-state index contributed by atoms with van der Waals surface area (Å²) in [6, 6.07) is -0.703. The lowest BCUT2D eigenvalue weighted by Crippen LogP contribution is -2.62. The van der Waals surface area contributed by atoms with Gasteiger partial charge in [-0.3, -0.25) is 9.59 Å². The van der Waals surface area contributed by atoms with E-state index in [0.29, 0.717) is 18.9 Å². The maximum atomic E-state index is 12.4. The van der Waals surface area contributed by atoms with Crippen molar-refractivity contribution in [2.24, 2.45) is 5.92 Å². The van der Waals surface area contributed by atoms with E-state index in [-0.39, 0.29) is 23.9 Å². The van der Waals surface area contributed by atoms with E-state index in [1.807, 2.05) is 0 Å². The lowest BCUT2D eigenvalue weighted by molar-refractivity contribution is -0.149. The average molecular weight is 284 g/mol. The molecule has 0 aliphatic carbocycles. The van der Waals surface area contributed by atoms with E-state index in [2.05, 4.69) is 19.2 Å². The Balaban J connectivity index is 2.52. The fourth-order valence-electron chi connectivity index (χ4n) is 2.53. The molecule has 116 valence electrons. The summed E-state index contributed by atoms with van der Waals surface area (Å²) in [4.78, 5) is 26.1. The van der Waals surface area contributed by atoms with Crippen molar-refractivity contribution in [3.63, 3.8) is 0 Å². The van der Waals surface area contributed by atoms with Crippen LogP contribution in [-0.2, 0) is 14.3 Å². The van der Waals surface area contributed by atoms with Crippen molar-refractivity contribution in [2.45, 2.75) is 58.5 Å². The van der Waals surface area contributed by atoms with Gasteiger partial charge in [0.1, 0.15) is 12.1 Å². The summed E-state index contributed by atoms with van der Waals surface area (Å²) in [5.41, 5.74) is 0. The van der Waals surface area contributed by atoms with Gasteiger partial charge in [-0.05, 0) is 38.5 Å². The van der Waals surface area contributed by atoms with Gasteiger partial charge in [0.15, 0.2) is 0 Å². The van der Waals surface area contributed by atoms with E-state index in [0.717, 1.165) is 25.9 Å². The van der Waals surface area contributed by atoms with Gasteiger partial charge in [0.05, 0.1) is 0 Å². The number of hydrogen-bond acceptors (Lipinski definition) is 3. The Kier molecular flexibility index (Phi) is 6.99. The van der Waals surface area contributed by atoms with Crippen molar-refractivity contribution in [1.29, 1.82) is 0 Å². The summed E-state index contributed by atoms with van der Waals surface area (Å²) in [6.07, 6.45) is 3.63. The lowest BCUT2D eigenvalue weighted by Gasteiger charge is -2.38. The minimum Gasteiger partial charge on any atom is -0.385 e. The van der Waals surface area contributed by atoms with E-state index in [4.69, 9.17) is 4.74 Å². The fraction of sp³-hybridized carbons (Fsp3) is 0.867. The van der Waals surface area contributed by atoms with Crippen molar-refractivity contribution in [3.05, 3.63) is 0 Å². The minimum absolute atomic E-state index is 0.0351. The molecule has 2 unspecified atom stereocenters. The molecular weight excluding hydrogens is 256 g/mol. The summed E-state index contributed by atoms with van der Waals surface area (Å²) in [7, 11) is 1.69. The van der Waals surface area contributed by atoms with Crippen LogP contribution in [0.1, 0.15) is 46.5 Å². The Morgan fingerprint density at radius 1 is 1.25 bits per heavy atom. The standard InChI is InChI=1S/C15H28N2O3/c1-11(2)10-13-15(19)17(12(3)14(18)16-13)8-6-5-7-9-20-4/h11-13H,5-10H2,1-4H3,(H,16,18). The van der Waals surface area contributed by atoms with Crippen LogP contribution in [0.15, 0.2) is 0 Å². The number of carbonyl (C=O) groups is 2. The van der Waals surface area contributed by atoms with Crippen LogP contribution in [0.4, 0.5) is 0 Å². The van der Waals surface area contributed by atoms with E-state index >= 15 is 0 Å². The van der Waals surface area contributed by atoms with Crippen LogP contribution in [-0.4, -0.2) is 49.1 Å². The first-order valence-electron chi connectivity index (χ1n) is 7.57. The number of nitrogens with zero attached hydrogens (tertiary/aromatic N) is 1. The van der Waals surface area contributed by atoms with Crippen molar-refractivity contribution >= 4 is 11.8 Å². The van der Waals surface area contributed by atoms with Crippen molar-refractivity contribution in [3.8, 4) is 0 Å². The molecule has 1 aliphatic heterocycles. The SMILES string of the molecule is COCCCCCN1C(=O)C(CC(C)C)NC(=O)C1C. The molecule has 2 amide bonds. The topological polar surface area (TPSA) is 58.6 Å². The molecular formula is C15H28N2O3. The highest BCUT2D eigenvalue weighted by atomic mass is 16.5.